The highest BCUT2D eigenvalue weighted by atomic mass is 16.3. The van der Waals surface area contributed by atoms with Crippen LogP contribution in [0, 0.1) is 0 Å². The van der Waals surface area contributed by atoms with Gasteiger partial charge >= 0.3 is 0 Å². The summed E-state index contributed by atoms with van der Waals surface area (Å²) in [5.74, 6) is 0.194. The van der Waals surface area contributed by atoms with Crippen LogP contribution in [0.4, 0.5) is 0 Å². The second kappa shape index (κ2) is 14.2. The van der Waals surface area contributed by atoms with Gasteiger partial charge in [-0.2, -0.15) is 0 Å². The van der Waals surface area contributed by atoms with E-state index in [4.69, 9.17) is 19.9 Å². The Kier molecular flexibility index (Phi) is 9.00. The van der Waals surface area contributed by atoms with E-state index in [0.717, 1.165) is 72.5 Å². The zero-order valence-corrected chi connectivity index (χ0v) is 33.7. The predicted octanol–water partition coefficient (Wildman–Crippen LogP) is 13.0. The van der Waals surface area contributed by atoms with Crippen molar-refractivity contribution in [3.05, 3.63) is 169 Å². The van der Waals surface area contributed by atoms with Gasteiger partial charge in [-0.1, -0.05) is 126 Å². The molecule has 1 N–H and O–H groups in total. The number of hydrogen-bond donors (Lipinski definition) is 1. The third-order valence-corrected chi connectivity index (χ3v) is 10.9. The number of para-hydroxylation sites is 3. The van der Waals surface area contributed by atoms with Gasteiger partial charge in [0, 0.05) is 51.9 Å². The number of hydrogen-bond acceptors (Lipinski definition) is 5. The molecule has 0 aliphatic rings. The Labute approximate surface area is 339 Å². The van der Waals surface area contributed by atoms with Crippen LogP contribution in [0.1, 0.15) is 52.7 Å². The Hall–Kier alpha value is -6.92. The van der Waals surface area contributed by atoms with E-state index in [1.165, 1.54) is 11.1 Å². The number of phenols is 1. The van der Waals surface area contributed by atoms with Gasteiger partial charge in [0.2, 0.25) is 0 Å². The summed E-state index contributed by atoms with van der Waals surface area (Å²) in [6.45, 7) is 13.6. The molecule has 9 rings (SSSR count). The Bertz CT molecular complexity index is 2950. The predicted molar refractivity (Wildman–Crippen MR) is 238 cm³/mol. The Morgan fingerprint density at radius 3 is 1.83 bits per heavy atom. The highest BCUT2D eigenvalue weighted by Gasteiger charge is 2.23. The van der Waals surface area contributed by atoms with Crippen LogP contribution < -0.4 is 0 Å². The fourth-order valence-electron chi connectivity index (χ4n) is 7.75. The molecule has 0 atom stereocenters. The maximum Gasteiger partial charge on any atom is 0.164 e. The van der Waals surface area contributed by atoms with Crippen LogP contribution in [0.2, 0.25) is 0 Å². The van der Waals surface area contributed by atoms with Crippen LogP contribution in [-0.2, 0) is 10.8 Å². The van der Waals surface area contributed by atoms with Crippen molar-refractivity contribution in [3.63, 3.8) is 0 Å². The number of nitrogens with zero attached hydrogens (tertiary/aromatic N) is 5. The van der Waals surface area contributed by atoms with Gasteiger partial charge in [-0.3, -0.25) is 14.5 Å². The molecule has 58 heavy (non-hydrogen) atoms. The quantitative estimate of drug-likeness (QED) is 0.183. The Balaban J connectivity index is 1.19. The van der Waals surface area contributed by atoms with Crippen LogP contribution in [-0.4, -0.2) is 29.6 Å². The van der Waals surface area contributed by atoms with E-state index >= 15 is 0 Å². The van der Waals surface area contributed by atoms with Gasteiger partial charge in [-0.25, -0.2) is 9.97 Å². The van der Waals surface area contributed by atoms with Gasteiger partial charge in [0.1, 0.15) is 11.3 Å². The molecule has 0 saturated carbocycles. The second-order valence-electron chi connectivity index (χ2n) is 17.1. The van der Waals surface area contributed by atoms with Gasteiger partial charge in [0.15, 0.2) is 5.65 Å². The molecule has 4 heterocycles. The molecule has 4 aromatic heterocycles. The highest BCUT2D eigenvalue weighted by Crippen LogP contribution is 2.40. The molecule has 0 aliphatic heterocycles. The van der Waals surface area contributed by atoms with Gasteiger partial charge in [0.25, 0.3) is 0 Å². The number of aromatic hydroxyl groups is 1. The lowest BCUT2D eigenvalue weighted by molar-refractivity contribution is 0.477. The minimum Gasteiger partial charge on any atom is -0.507 e. The van der Waals surface area contributed by atoms with Gasteiger partial charge in [0.05, 0.1) is 22.6 Å². The van der Waals surface area contributed by atoms with Crippen molar-refractivity contribution in [2.24, 2.45) is 0 Å². The third-order valence-electron chi connectivity index (χ3n) is 10.9. The fraction of sp³-hybridized carbons (Fsp3) is 0.154. The van der Waals surface area contributed by atoms with Crippen molar-refractivity contribution in [2.45, 2.75) is 52.4 Å². The lowest BCUT2D eigenvalue weighted by atomic mass is 9.79. The average Bonchev–Trinajstić information content (AvgIpc) is 3.58. The summed E-state index contributed by atoms with van der Waals surface area (Å²) < 4.78 is 2.20. The van der Waals surface area contributed by atoms with Crippen LogP contribution in [0.15, 0.2) is 158 Å². The lowest BCUT2D eigenvalue weighted by Gasteiger charge is -2.26. The summed E-state index contributed by atoms with van der Waals surface area (Å²) in [4.78, 5) is 19.6. The van der Waals surface area contributed by atoms with E-state index in [9.17, 15) is 5.11 Å². The molecule has 0 spiro atoms. The summed E-state index contributed by atoms with van der Waals surface area (Å²) in [5.41, 5.74) is 15.5. The molecule has 0 bridgehead atoms. The Morgan fingerprint density at radius 1 is 0.466 bits per heavy atom. The van der Waals surface area contributed by atoms with Crippen molar-refractivity contribution in [1.29, 1.82) is 0 Å². The minimum atomic E-state index is -0.0420. The molecular formula is C52H45N5O. The number of benzene rings is 5. The largest absolute Gasteiger partial charge is 0.507 e. The second-order valence-corrected chi connectivity index (χ2v) is 17.1. The summed E-state index contributed by atoms with van der Waals surface area (Å²) in [6.07, 6.45) is 5.38. The minimum absolute atomic E-state index is 0.0420. The first-order valence-electron chi connectivity index (χ1n) is 19.8. The molecule has 9 aromatic rings. The average molecular weight is 756 g/mol. The lowest BCUT2D eigenvalue weighted by Crippen LogP contribution is -2.16. The van der Waals surface area contributed by atoms with E-state index in [2.05, 4.69) is 143 Å². The van der Waals surface area contributed by atoms with Crippen molar-refractivity contribution in [3.8, 4) is 67.5 Å². The molecule has 5 aromatic carbocycles. The molecule has 0 unspecified atom stereocenters. The standard InChI is InChI=1S/C52H45N5O/c1-51(2,3)38-27-36(28-39(32-38)52(4,5)6)37-30-45(56-46(31-37)42-18-10-11-21-47(42)58)35-15-12-14-34(26-35)44-29-33(22-23-53-44)41-19-13-20-43-48-50(55-25-24-54-48)57(49(41)43)40-16-8-7-9-17-40/h7-32,58H,1-6H3. The first-order chi connectivity index (χ1) is 27.9. The molecular weight excluding hydrogens is 711 g/mol. The van der Waals surface area contributed by atoms with Crippen molar-refractivity contribution in [2.75, 3.05) is 0 Å². The topological polar surface area (TPSA) is 76.7 Å². The zero-order chi connectivity index (χ0) is 40.2. The number of fused-ring (bicyclic) bond motifs is 3. The summed E-state index contributed by atoms with van der Waals surface area (Å²) in [7, 11) is 0. The third kappa shape index (κ3) is 6.81. The maximum absolute atomic E-state index is 11.0. The molecule has 0 fully saturated rings. The number of phenolic OH excluding ortho intramolecular Hbond substituents is 1. The van der Waals surface area contributed by atoms with Crippen LogP contribution in [0.5, 0.6) is 5.75 Å². The first-order valence-corrected chi connectivity index (χ1v) is 19.8. The normalized spacial score (nSPS) is 12.0. The van der Waals surface area contributed by atoms with Crippen molar-refractivity contribution in [1.82, 2.24) is 24.5 Å². The first kappa shape index (κ1) is 36.7. The van der Waals surface area contributed by atoms with Gasteiger partial charge in [-0.05, 0) is 93.2 Å². The summed E-state index contributed by atoms with van der Waals surface area (Å²) >= 11 is 0. The summed E-state index contributed by atoms with van der Waals surface area (Å²) in [5, 5.41) is 12.1. The van der Waals surface area contributed by atoms with E-state index in [1.807, 2.05) is 42.6 Å². The fourth-order valence-corrected chi connectivity index (χ4v) is 7.75. The smallest absolute Gasteiger partial charge is 0.164 e. The van der Waals surface area contributed by atoms with E-state index in [1.54, 1.807) is 18.5 Å². The SMILES string of the molecule is CC(C)(C)c1cc(-c2cc(-c3cccc(-c4cc(-c5cccc6c7nccnc7n(-c7ccccc7)c56)ccn4)c3)nc(-c3ccccc3O)c2)cc(C(C)(C)C)c1. The Morgan fingerprint density at radius 2 is 1.09 bits per heavy atom. The van der Waals surface area contributed by atoms with E-state index in [0.29, 0.717) is 11.3 Å². The summed E-state index contributed by atoms with van der Waals surface area (Å²) in [6, 6.07) is 48.0. The van der Waals surface area contributed by atoms with Crippen LogP contribution in [0.3, 0.4) is 0 Å². The molecule has 0 radical (unpaired) electrons. The molecule has 0 amide bonds. The zero-order valence-electron chi connectivity index (χ0n) is 33.7. The maximum atomic E-state index is 11.0. The highest BCUT2D eigenvalue weighted by molar-refractivity contribution is 6.11. The molecule has 284 valence electrons. The van der Waals surface area contributed by atoms with Crippen molar-refractivity contribution < 1.29 is 5.11 Å². The molecule has 0 aliphatic carbocycles. The number of rotatable bonds is 6. The van der Waals surface area contributed by atoms with Gasteiger partial charge < -0.3 is 5.11 Å². The van der Waals surface area contributed by atoms with E-state index in [-0.39, 0.29) is 16.6 Å². The number of pyridine rings is 2. The van der Waals surface area contributed by atoms with Crippen LogP contribution in [0.25, 0.3) is 83.8 Å². The molecule has 6 nitrogen and oxygen atoms in total. The molecule has 0 saturated heterocycles. The number of aromatic nitrogens is 5. The van der Waals surface area contributed by atoms with Crippen LogP contribution >= 0.6 is 0 Å². The molecule has 6 heteroatoms. The van der Waals surface area contributed by atoms with E-state index < -0.39 is 0 Å². The van der Waals surface area contributed by atoms with Crippen molar-refractivity contribution >= 4 is 22.1 Å². The van der Waals surface area contributed by atoms with Gasteiger partial charge in [-0.15, -0.1) is 0 Å². The monoisotopic (exact) mass is 755 g/mol.